The molecule has 150 valence electrons. The van der Waals surface area contributed by atoms with E-state index < -0.39 is 0 Å². The molecular weight excluding hydrogens is 356 g/mol. The van der Waals surface area contributed by atoms with Gasteiger partial charge in [-0.25, -0.2) is 0 Å². The molecule has 0 atom stereocenters. The SMILES string of the molecule is O=C1COCCCN1CCN1CCC(c2nnc3ccc(C4CC4)nn23)CC1. The minimum atomic E-state index is 0.125. The number of fused-ring (bicyclic) bond motifs is 1. The Balaban J connectivity index is 1.18. The first kappa shape index (κ1) is 18.0. The number of ether oxygens (including phenoxy) is 1. The number of carbonyl (C=O) groups is 1. The Morgan fingerprint density at radius 3 is 2.68 bits per heavy atom. The molecule has 2 saturated heterocycles. The third-order valence-electron chi connectivity index (χ3n) is 6.24. The van der Waals surface area contributed by atoms with E-state index in [0.29, 0.717) is 18.4 Å². The standard InChI is InChI=1S/C20H28N6O2/c27-19-14-28-13-1-8-25(19)12-11-24-9-6-16(7-10-24)20-22-21-18-5-4-17(15-2-3-15)23-26(18)20/h4-5,15-16H,1-3,6-14H2. The summed E-state index contributed by atoms with van der Waals surface area (Å²) in [5, 5.41) is 13.6. The van der Waals surface area contributed by atoms with Gasteiger partial charge in [0.2, 0.25) is 5.91 Å². The van der Waals surface area contributed by atoms with Gasteiger partial charge in [0.05, 0.1) is 5.69 Å². The number of hydrogen-bond acceptors (Lipinski definition) is 6. The van der Waals surface area contributed by atoms with Crippen LogP contribution in [0.3, 0.4) is 0 Å². The number of aromatic nitrogens is 4. The lowest BCUT2D eigenvalue weighted by Crippen LogP contribution is -2.42. The smallest absolute Gasteiger partial charge is 0.248 e. The van der Waals surface area contributed by atoms with Crippen LogP contribution >= 0.6 is 0 Å². The van der Waals surface area contributed by atoms with Gasteiger partial charge in [-0.05, 0) is 57.3 Å². The Morgan fingerprint density at radius 2 is 1.86 bits per heavy atom. The van der Waals surface area contributed by atoms with E-state index in [0.717, 1.165) is 63.5 Å². The van der Waals surface area contributed by atoms with E-state index in [2.05, 4.69) is 21.2 Å². The number of piperidine rings is 1. The molecule has 0 aromatic carbocycles. The number of amides is 1. The average Bonchev–Trinajstić information content (AvgIpc) is 3.52. The molecule has 1 aliphatic carbocycles. The normalized spacial score (nSPS) is 22.7. The summed E-state index contributed by atoms with van der Waals surface area (Å²) in [7, 11) is 0. The van der Waals surface area contributed by atoms with Gasteiger partial charge < -0.3 is 14.5 Å². The minimum Gasteiger partial charge on any atom is -0.372 e. The Labute approximate surface area is 164 Å². The van der Waals surface area contributed by atoms with E-state index in [4.69, 9.17) is 9.84 Å². The number of rotatable bonds is 5. The van der Waals surface area contributed by atoms with Gasteiger partial charge in [0.15, 0.2) is 11.5 Å². The van der Waals surface area contributed by atoms with Crippen molar-refractivity contribution >= 4 is 11.6 Å². The maximum atomic E-state index is 12.1. The quantitative estimate of drug-likeness (QED) is 0.776. The van der Waals surface area contributed by atoms with Crippen LogP contribution in [0, 0.1) is 0 Å². The molecule has 0 radical (unpaired) electrons. The first-order chi connectivity index (χ1) is 13.8. The summed E-state index contributed by atoms with van der Waals surface area (Å²) in [6.45, 7) is 5.53. The second-order valence-electron chi connectivity index (χ2n) is 8.26. The van der Waals surface area contributed by atoms with Crippen LogP contribution in [0.4, 0.5) is 0 Å². The van der Waals surface area contributed by atoms with E-state index in [1.807, 2.05) is 15.5 Å². The van der Waals surface area contributed by atoms with Gasteiger partial charge >= 0.3 is 0 Å². The number of nitrogens with zero attached hydrogens (tertiary/aromatic N) is 6. The average molecular weight is 384 g/mol. The molecule has 3 aliphatic rings. The molecule has 2 aromatic heterocycles. The maximum Gasteiger partial charge on any atom is 0.248 e. The predicted molar refractivity (Wildman–Crippen MR) is 103 cm³/mol. The van der Waals surface area contributed by atoms with Crippen molar-refractivity contribution in [1.82, 2.24) is 29.6 Å². The summed E-state index contributed by atoms with van der Waals surface area (Å²) in [6.07, 6.45) is 5.56. The molecule has 8 heteroatoms. The Hall–Kier alpha value is -2.06. The highest BCUT2D eigenvalue weighted by molar-refractivity contribution is 5.77. The van der Waals surface area contributed by atoms with Gasteiger partial charge in [0.25, 0.3) is 0 Å². The van der Waals surface area contributed by atoms with Gasteiger partial charge in [-0.15, -0.1) is 10.2 Å². The minimum absolute atomic E-state index is 0.125. The van der Waals surface area contributed by atoms with Gasteiger partial charge in [-0.1, -0.05) is 0 Å². The van der Waals surface area contributed by atoms with Crippen molar-refractivity contribution in [2.75, 3.05) is 45.9 Å². The molecule has 8 nitrogen and oxygen atoms in total. The summed E-state index contributed by atoms with van der Waals surface area (Å²) in [6, 6.07) is 4.15. The van der Waals surface area contributed by atoms with E-state index >= 15 is 0 Å². The van der Waals surface area contributed by atoms with Crippen LogP contribution in [-0.2, 0) is 9.53 Å². The second-order valence-corrected chi connectivity index (χ2v) is 8.26. The topological polar surface area (TPSA) is 75.9 Å². The van der Waals surface area contributed by atoms with E-state index in [9.17, 15) is 4.79 Å². The lowest BCUT2D eigenvalue weighted by molar-refractivity contribution is -0.134. The summed E-state index contributed by atoms with van der Waals surface area (Å²) < 4.78 is 7.30. The van der Waals surface area contributed by atoms with Crippen molar-refractivity contribution in [3.05, 3.63) is 23.7 Å². The van der Waals surface area contributed by atoms with Gasteiger partial charge in [0.1, 0.15) is 6.61 Å². The third-order valence-corrected chi connectivity index (χ3v) is 6.24. The predicted octanol–water partition coefficient (Wildman–Crippen LogP) is 1.43. The molecule has 0 bridgehead atoms. The van der Waals surface area contributed by atoms with Crippen molar-refractivity contribution in [3.8, 4) is 0 Å². The van der Waals surface area contributed by atoms with Crippen LogP contribution in [0.2, 0.25) is 0 Å². The monoisotopic (exact) mass is 384 g/mol. The van der Waals surface area contributed by atoms with Gasteiger partial charge in [0, 0.05) is 38.1 Å². The number of hydrogen-bond donors (Lipinski definition) is 0. The summed E-state index contributed by atoms with van der Waals surface area (Å²) in [5.74, 6) is 2.17. The molecule has 0 N–H and O–H groups in total. The molecule has 4 heterocycles. The van der Waals surface area contributed by atoms with E-state index in [1.165, 1.54) is 18.5 Å². The van der Waals surface area contributed by atoms with Crippen molar-refractivity contribution < 1.29 is 9.53 Å². The zero-order valence-electron chi connectivity index (χ0n) is 16.3. The Morgan fingerprint density at radius 1 is 1.00 bits per heavy atom. The second kappa shape index (κ2) is 7.75. The van der Waals surface area contributed by atoms with E-state index in [-0.39, 0.29) is 12.5 Å². The summed E-state index contributed by atoms with van der Waals surface area (Å²) >= 11 is 0. The molecule has 5 rings (SSSR count). The summed E-state index contributed by atoms with van der Waals surface area (Å²) in [5.41, 5.74) is 2.03. The van der Waals surface area contributed by atoms with Crippen LogP contribution in [0.1, 0.15) is 55.5 Å². The van der Waals surface area contributed by atoms with Crippen molar-refractivity contribution in [3.63, 3.8) is 0 Å². The van der Waals surface area contributed by atoms with E-state index in [1.54, 1.807) is 0 Å². The van der Waals surface area contributed by atoms with Crippen LogP contribution in [0.25, 0.3) is 5.65 Å². The molecule has 3 fully saturated rings. The highest BCUT2D eigenvalue weighted by Crippen LogP contribution is 2.39. The first-order valence-electron chi connectivity index (χ1n) is 10.6. The maximum absolute atomic E-state index is 12.1. The Kier molecular flexibility index (Phi) is 4.98. The van der Waals surface area contributed by atoms with Crippen LogP contribution < -0.4 is 0 Å². The largest absolute Gasteiger partial charge is 0.372 e. The van der Waals surface area contributed by atoms with Gasteiger partial charge in [-0.2, -0.15) is 9.61 Å². The highest BCUT2D eigenvalue weighted by atomic mass is 16.5. The number of carbonyl (C=O) groups excluding carboxylic acids is 1. The lowest BCUT2D eigenvalue weighted by Gasteiger charge is -2.32. The van der Waals surface area contributed by atoms with Crippen LogP contribution in [0.15, 0.2) is 12.1 Å². The molecule has 1 saturated carbocycles. The van der Waals surface area contributed by atoms with Crippen LogP contribution in [-0.4, -0.2) is 81.5 Å². The summed E-state index contributed by atoms with van der Waals surface area (Å²) in [4.78, 5) is 16.5. The van der Waals surface area contributed by atoms with Crippen molar-refractivity contribution in [2.24, 2.45) is 0 Å². The zero-order valence-corrected chi connectivity index (χ0v) is 16.3. The highest BCUT2D eigenvalue weighted by Gasteiger charge is 2.28. The fourth-order valence-corrected chi connectivity index (χ4v) is 4.32. The van der Waals surface area contributed by atoms with Crippen molar-refractivity contribution in [1.29, 1.82) is 0 Å². The van der Waals surface area contributed by atoms with Gasteiger partial charge in [-0.3, -0.25) is 4.79 Å². The van der Waals surface area contributed by atoms with Crippen molar-refractivity contribution in [2.45, 2.75) is 43.9 Å². The molecule has 28 heavy (non-hydrogen) atoms. The lowest BCUT2D eigenvalue weighted by atomic mass is 9.96. The zero-order chi connectivity index (χ0) is 18.9. The third kappa shape index (κ3) is 3.75. The molecule has 2 aromatic rings. The fourth-order valence-electron chi connectivity index (χ4n) is 4.32. The molecule has 0 unspecified atom stereocenters. The Bertz CT molecular complexity index is 840. The molecule has 0 spiro atoms. The molecular formula is C20H28N6O2. The molecule has 2 aliphatic heterocycles. The van der Waals surface area contributed by atoms with Crippen LogP contribution in [0.5, 0.6) is 0 Å². The first-order valence-corrected chi connectivity index (χ1v) is 10.6. The molecule has 1 amide bonds. The fraction of sp³-hybridized carbons (Fsp3) is 0.700. The number of likely N-dealkylation sites (tertiary alicyclic amines) is 1.